The third kappa shape index (κ3) is 2.42. The van der Waals surface area contributed by atoms with Crippen LogP contribution in [0.4, 0.5) is 5.95 Å². The number of hydrogen-bond acceptors (Lipinski definition) is 6. The van der Waals surface area contributed by atoms with Gasteiger partial charge in [0.05, 0.1) is 5.60 Å². The number of fused-ring (bicyclic) bond motifs is 2. The zero-order valence-electron chi connectivity index (χ0n) is 13.6. The molecule has 1 saturated carbocycles. The Balaban J connectivity index is 1.46. The molecule has 0 atom stereocenters. The van der Waals surface area contributed by atoms with E-state index in [1.165, 1.54) is 0 Å². The maximum absolute atomic E-state index is 9.82. The smallest absolute Gasteiger partial charge is 0.233 e. The van der Waals surface area contributed by atoms with E-state index in [0.29, 0.717) is 24.6 Å². The van der Waals surface area contributed by atoms with Crippen LogP contribution in [0.2, 0.25) is 0 Å². The number of aliphatic hydroxyl groups is 1. The molecule has 0 saturated heterocycles. The number of anilines is 1. The molecule has 5 rings (SSSR count). The predicted octanol–water partition coefficient (Wildman–Crippen LogP) is 1.99. The molecule has 0 aromatic carbocycles. The molecule has 126 valence electrons. The number of hydrogen-bond donors (Lipinski definition) is 3. The second-order valence-electron chi connectivity index (χ2n) is 6.88. The highest BCUT2D eigenvalue weighted by Gasteiger charge is 2.38. The molecule has 0 spiro atoms. The number of H-pyrrole nitrogens is 1. The number of nitrogens with one attached hydrogen (secondary N) is 2. The molecule has 0 aliphatic heterocycles. The summed E-state index contributed by atoms with van der Waals surface area (Å²) in [5.74, 6) is 1.24. The SMILES string of the molecule is C[C@]1(O)C[C@H](Nc2ncc3c(-c4cnc5nccn5c4)c[nH]c3n2)C1. The molecule has 3 N–H and O–H groups in total. The van der Waals surface area contributed by atoms with Gasteiger partial charge in [0.1, 0.15) is 5.65 Å². The Morgan fingerprint density at radius 2 is 2.16 bits per heavy atom. The number of nitrogens with zero attached hydrogens (tertiary/aromatic N) is 5. The maximum atomic E-state index is 9.82. The molecule has 25 heavy (non-hydrogen) atoms. The average molecular weight is 335 g/mol. The van der Waals surface area contributed by atoms with Crippen molar-refractivity contribution in [1.29, 1.82) is 0 Å². The molecule has 4 aromatic rings. The highest BCUT2D eigenvalue weighted by Crippen LogP contribution is 2.33. The van der Waals surface area contributed by atoms with Crippen LogP contribution in [0.15, 0.2) is 37.2 Å². The lowest BCUT2D eigenvalue weighted by Crippen LogP contribution is -2.48. The molecule has 1 aliphatic carbocycles. The average Bonchev–Trinajstić information content (AvgIpc) is 3.18. The molecule has 1 aliphatic rings. The van der Waals surface area contributed by atoms with Crippen LogP contribution in [0, 0.1) is 0 Å². The Bertz CT molecular complexity index is 1070. The summed E-state index contributed by atoms with van der Waals surface area (Å²) in [6.07, 6.45) is 12.5. The van der Waals surface area contributed by atoms with Crippen LogP contribution in [-0.4, -0.2) is 46.1 Å². The summed E-state index contributed by atoms with van der Waals surface area (Å²) in [6.45, 7) is 1.84. The fraction of sp³-hybridized carbons (Fsp3) is 0.294. The van der Waals surface area contributed by atoms with Crippen molar-refractivity contribution in [3.63, 3.8) is 0 Å². The van der Waals surface area contributed by atoms with Crippen molar-refractivity contribution < 1.29 is 5.11 Å². The van der Waals surface area contributed by atoms with E-state index in [0.717, 1.165) is 22.2 Å². The summed E-state index contributed by atoms with van der Waals surface area (Å²) < 4.78 is 1.88. The van der Waals surface area contributed by atoms with E-state index in [2.05, 4.69) is 30.2 Å². The van der Waals surface area contributed by atoms with Crippen molar-refractivity contribution in [3.05, 3.63) is 37.2 Å². The Morgan fingerprint density at radius 1 is 1.28 bits per heavy atom. The van der Waals surface area contributed by atoms with E-state index < -0.39 is 5.60 Å². The zero-order valence-corrected chi connectivity index (χ0v) is 13.6. The Kier molecular flexibility index (Phi) is 2.87. The highest BCUT2D eigenvalue weighted by molar-refractivity contribution is 5.93. The number of imidazole rings is 1. The Morgan fingerprint density at radius 3 is 3.00 bits per heavy atom. The molecule has 4 aromatic heterocycles. The van der Waals surface area contributed by atoms with Crippen LogP contribution in [0.25, 0.3) is 27.9 Å². The summed E-state index contributed by atoms with van der Waals surface area (Å²) in [7, 11) is 0. The third-order valence-electron chi connectivity index (χ3n) is 4.69. The van der Waals surface area contributed by atoms with Gasteiger partial charge in [0, 0.05) is 59.7 Å². The van der Waals surface area contributed by atoms with Gasteiger partial charge >= 0.3 is 0 Å². The second-order valence-corrected chi connectivity index (χ2v) is 6.88. The van der Waals surface area contributed by atoms with Gasteiger partial charge in [-0.3, -0.25) is 4.40 Å². The van der Waals surface area contributed by atoms with Gasteiger partial charge in [-0.15, -0.1) is 0 Å². The van der Waals surface area contributed by atoms with E-state index in [-0.39, 0.29) is 6.04 Å². The first-order valence-corrected chi connectivity index (χ1v) is 8.20. The lowest BCUT2D eigenvalue weighted by molar-refractivity contribution is -0.0235. The van der Waals surface area contributed by atoms with Gasteiger partial charge in [0.25, 0.3) is 0 Å². The van der Waals surface area contributed by atoms with Crippen molar-refractivity contribution in [2.45, 2.75) is 31.4 Å². The fourth-order valence-corrected chi connectivity index (χ4v) is 3.46. The van der Waals surface area contributed by atoms with Gasteiger partial charge in [-0.2, -0.15) is 4.98 Å². The van der Waals surface area contributed by atoms with Crippen LogP contribution in [-0.2, 0) is 0 Å². The van der Waals surface area contributed by atoms with Gasteiger partial charge in [-0.25, -0.2) is 15.0 Å². The topological polar surface area (TPSA) is 104 Å². The monoisotopic (exact) mass is 335 g/mol. The van der Waals surface area contributed by atoms with Crippen LogP contribution in [0.1, 0.15) is 19.8 Å². The minimum absolute atomic E-state index is 0.217. The van der Waals surface area contributed by atoms with E-state index in [1.54, 1.807) is 12.4 Å². The third-order valence-corrected chi connectivity index (χ3v) is 4.69. The first-order chi connectivity index (χ1) is 12.1. The molecule has 8 heteroatoms. The zero-order chi connectivity index (χ0) is 17.0. The molecule has 8 nitrogen and oxygen atoms in total. The molecular formula is C17H17N7O. The van der Waals surface area contributed by atoms with Gasteiger partial charge in [0.2, 0.25) is 11.7 Å². The van der Waals surface area contributed by atoms with Gasteiger partial charge in [0.15, 0.2) is 0 Å². The number of rotatable bonds is 3. The molecule has 4 heterocycles. The normalized spacial score (nSPS) is 23.0. The van der Waals surface area contributed by atoms with Gasteiger partial charge < -0.3 is 15.4 Å². The van der Waals surface area contributed by atoms with Crippen molar-refractivity contribution in [2.24, 2.45) is 0 Å². The summed E-state index contributed by atoms with van der Waals surface area (Å²) in [5, 5.41) is 14.0. The van der Waals surface area contributed by atoms with Gasteiger partial charge in [-0.05, 0) is 19.8 Å². The quantitative estimate of drug-likeness (QED) is 0.529. The van der Waals surface area contributed by atoms with Crippen molar-refractivity contribution in [2.75, 3.05) is 5.32 Å². The van der Waals surface area contributed by atoms with Crippen molar-refractivity contribution in [1.82, 2.24) is 29.3 Å². The minimum Gasteiger partial charge on any atom is -0.390 e. The molecule has 0 bridgehead atoms. The Labute approximate surface area is 143 Å². The van der Waals surface area contributed by atoms with E-state index in [4.69, 9.17) is 0 Å². The molecule has 0 amide bonds. The predicted molar refractivity (Wildman–Crippen MR) is 93.1 cm³/mol. The highest BCUT2D eigenvalue weighted by atomic mass is 16.3. The lowest BCUT2D eigenvalue weighted by Gasteiger charge is -2.41. The van der Waals surface area contributed by atoms with Crippen LogP contribution < -0.4 is 5.32 Å². The van der Waals surface area contributed by atoms with Crippen LogP contribution in [0.3, 0.4) is 0 Å². The molecular weight excluding hydrogens is 318 g/mol. The second kappa shape index (κ2) is 5.00. The first-order valence-electron chi connectivity index (χ1n) is 8.20. The van der Waals surface area contributed by atoms with Crippen LogP contribution in [0.5, 0.6) is 0 Å². The van der Waals surface area contributed by atoms with Crippen molar-refractivity contribution in [3.8, 4) is 11.1 Å². The van der Waals surface area contributed by atoms with E-state index >= 15 is 0 Å². The number of aromatic amines is 1. The standard InChI is InChI=1S/C17H17N7O/c1-17(25)4-11(5-17)22-15-20-8-13-12(7-19-14(13)23-15)10-6-21-16-18-2-3-24(16)9-10/h2-3,6-9,11,25H,4-5H2,1H3,(H2,19,20,22,23)/t11-,17-. The Hall–Kier alpha value is -3.00. The maximum Gasteiger partial charge on any atom is 0.233 e. The van der Waals surface area contributed by atoms with Crippen LogP contribution >= 0.6 is 0 Å². The summed E-state index contributed by atoms with van der Waals surface area (Å²) in [5.41, 5.74) is 2.16. The van der Waals surface area contributed by atoms with Crippen molar-refractivity contribution >= 4 is 22.8 Å². The largest absolute Gasteiger partial charge is 0.390 e. The molecule has 1 fully saturated rings. The fourth-order valence-electron chi connectivity index (χ4n) is 3.46. The van der Waals surface area contributed by atoms with E-state index in [9.17, 15) is 5.11 Å². The number of aromatic nitrogens is 6. The summed E-state index contributed by atoms with van der Waals surface area (Å²) in [6, 6.07) is 0.217. The molecule has 0 unspecified atom stereocenters. The van der Waals surface area contributed by atoms with E-state index in [1.807, 2.05) is 36.1 Å². The summed E-state index contributed by atoms with van der Waals surface area (Å²) >= 11 is 0. The minimum atomic E-state index is -0.569. The summed E-state index contributed by atoms with van der Waals surface area (Å²) in [4.78, 5) is 20.7. The lowest BCUT2D eigenvalue weighted by atomic mass is 9.77. The van der Waals surface area contributed by atoms with Gasteiger partial charge in [-0.1, -0.05) is 0 Å². The first kappa shape index (κ1) is 14.4. The molecule has 0 radical (unpaired) electrons.